The van der Waals surface area contributed by atoms with Gasteiger partial charge < -0.3 is 14.4 Å². The first-order chi connectivity index (χ1) is 7.69. The van der Waals surface area contributed by atoms with Gasteiger partial charge in [-0.3, -0.25) is 0 Å². The van der Waals surface area contributed by atoms with Crippen LogP contribution in [0.2, 0.25) is 0 Å². The summed E-state index contributed by atoms with van der Waals surface area (Å²) in [5.74, 6) is -0.342. The van der Waals surface area contributed by atoms with E-state index < -0.39 is 5.60 Å². The summed E-state index contributed by atoms with van der Waals surface area (Å²) in [5.41, 5.74) is 2.46. The Labute approximate surface area is 102 Å². The molecule has 0 saturated heterocycles. The zero-order chi connectivity index (χ0) is 13.4. The highest BCUT2D eigenvalue weighted by Crippen LogP contribution is 2.26. The van der Waals surface area contributed by atoms with Gasteiger partial charge in [0, 0.05) is 24.9 Å². The van der Waals surface area contributed by atoms with Gasteiger partial charge in [0.2, 0.25) is 0 Å². The van der Waals surface area contributed by atoms with Crippen molar-refractivity contribution in [1.82, 2.24) is 4.57 Å². The maximum Gasteiger partial charge on any atom is 0.339 e. The number of methoxy groups -OCH3 is 1. The highest BCUT2D eigenvalue weighted by molar-refractivity contribution is 5.93. The Morgan fingerprint density at radius 2 is 1.88 bits per heavy atom. The van der Waals surface area contributed by atoms with Crippen molar-refractivity contribution < 1.29 is 14.6 Å². The number of aromatic nitrogens is 1. The van der Waals surface area contributed by atoms with Crippen LogP contribution in [-0.2, 0) is 18.2 Å². The van der Waals surface area contributed by atoms with Crippen molar-refractivity contribution in [3.63, 3.8) is 0 Å². The fourth-order valence-corrected chi connectivity index (χ4v) is 2.04. The van der Waals surface area contributed by atoms with Gasteiger partial charge in [-0.1, -0.05) is 0 Å². The summed E-state index contributed by atoms with van der Waals surface area (Å²) in [6, 6.07) is 0. The Bertz CT molecular complexity index is 438. The van der Waals surface area contributed by atoms with E-state index in [1.165, 1.54) is 7.11 Å². The lowest BCUT2D eigenvalue weighted by atomic mass is 9.95. The van der Waals surface area contributed by atoms with Crippen LogP contribution in [0.15, 0.2) is 0 Å². The molecule has 17 heavy (non-hydrogen) atoms. The zero-order valence-electron chi connectivity index (χ0n) is 11.4. The number of hydrogen-bond acceptors (Lipinski definition) is 3. The van der Waals surface area contributed by atoms with Crippen molar-refractivity contribution in [1.29, 1.82) is 0 Å². The molecule has 4 heteroatoms. The molecule has 0 spiro atoms. The van der Waals surface area contributed by atoms with Gasteiger partial charge in [-0.05, 0) is 33.3 Å². The minimum absolute atomic E-state index is 0.342. The molecule has 1 rings (SSSR count). The molecule has 1 aromatic rings. The second-order valence-corrected chi connectivity index (χ2v) is 5.06. The number of hydrogen-bond donors (Lipinski definition) is 1. The van der Waals surface area contributed by atoms with Crippen LogP contribution in [0.5, 0.6) is 0 Å². The van der Waals surface area contributed by atoms with Gasteiger partial charge in [-0.2, -0.15) is 0 Å². The standard InChI is InChI=1S/C13H21NO3/c1-8-10(7-13(3,4)16)11(12(15)17-6)9(2)14(8)5/h16H,7H2,1-6H3. The van der Waals surface area contributed by atoms with Crippen LogP contribution in [0.3, 0.4) is 0 Å². The number of carbonyl (C=O) groups excluding carboxylic acids is 1. The molecule has 0 saturated carbocycles. The lowest BCUT2D eigenvalue weighted by molar-refractivity contribution is 0.0593. The van der Waals surface area contributed by atoms with E-state index in [-0.39, 0.29) is 5.97 Å². The fourth-order valence-electron chi connectivity index (χ4n) is 2.04. The van der Waals surface area contributed by atoms with Gasteiger partial charge in [0.05, 0.1) is 18.3 Å². The van der Waals surface area contributed by atoms with E-state index in [4.69, 9.17) is 4.74 Å². The van der Waals surface area contributed by atoms with Gasteiger partial charge in [0.15, 0.2) is 0 Å². The van der Waals surface area contributed by atoms with Crippen molar-refractivity contribution in [2.45, 2.75) is 39.7 Å². The molecule has 0 aliphatic heterocycles. The Morgan fingerprint density at radius 1 is 1.35 bits per heavy atom. The van der Waals surface area contributed by atoms with Crippen LogP contribution in [-0.4, -0.2) is 28.4 Å². The summed E-state index contributed by atoms with van der Waals surface area (Å²) >= 11 is 0. The van der Waals surface area contributed by atoms with E-state index in [1.807, 2.05) is 25.5 Å². The van der Waals surface area contributed by atoms with Gasteiger partial charge in [-0.15, -0.1) is 0 Å². The van der Waals surface area contributed by atoms with Crippen molar-refractivity contribution in [2.75, 3.05) is 7.11 Å². The van der Waals surface area contributed by atoms with E-state index >= 15 is 0 Å². The first-order valence-corrected chi connectivity index (χ1v) is 5.64. The van der Waals surface area contributed by atoms with Gasteiger partial charge in [-0.25, -0.2) is 4.79 Å². The lowest BCUT2D eigenvalue weighted by Crippen LogP contribution is -2.23. The third-order valence-corrected chi connectivity index (χ3v) is 3.11. The van der Waals surface area contributed by atoms with Crippen LogP contribution in [0.25, 0.3) is 0 Å². The van der Waals surface area contributed by atoms with E-state index in [1.54, 1.807) is 13.8 Å². The Hall–Kier alpha value is -1.29. The molecular weight excluding hydrogens is 218 g/mol. The second kappa shape index (κ2) is 4.53. The normalized spacial score (nSPS) is 11.7. The molecule has 0 radical (unpaired) electrons. The molecule has 0 amide bonds. The number of aliphatic hydroxyl groups is 1. The fraction of sp³-hybridized carbons (Fsp3) is 0.615. The third kappa shape index (κ3) is 2.69. The van der Waals surface area contributed by atoms with Crippen molar-refractivity contribution in [3.05, 3.63) is 22.5 Å². The minimum Gasteiger partial charge on any atom is -0.465 e. The molecule has 0 aromatic carbocycles. The van der Waals surface area contributed by atoms with Gasteiger partial charge >= 0.3 is 5.97 Å². The smallest absolute Gasteiger partial charge is 0.339 e. The van der Waals surface area contributed by atoms with E-state index in [9.17, 15) is 9.90 Å². The van der Waals surface area contributed by atoms with Crippen LogP contribution < -0.4 is 0 Å². The highest BCUT2D eigenvalue weighted by Gasteiger charge is 2.26. The monoisotopic (exact) mass is 239 g/mol. The second-order valence-electron chi connectivity index (χ2n) is 5.06. The van der Waals surface area contributed by atoms with E-state index in [2.05, 4.69) is 0 Å². The summed E-state index contributed by atoms with van der Waals surface area (Å²) in [4.78, 5) is 11.8. The molecule has 1 aromatic heterocycles. The topological polar surface area (TPSA) is 51.5 Å². The predicted octanol–water partition coefficient (Wildman–Crippen LogP) is 1.74. The molecule has 1 heterocycles. The lowest BCUT2D eigenvalue weighted by Gasteiger charge is -2.18. The molecule has 0 atom stereocenters. The van der Waals surface area contributed by atoms with Crippen molar-refractivity contribution in [2.24, 2.45) is 7.05 Å². The average molecular weight is 239 g/mol. The Morgan fingerprint density at radius 3 is 2.29 bits per heavy atom. The van der Waals surface area contributed by atoms with Gasteiger partial charge in [0.25, 0.3) is 0 Å². The highest BCUT2D eigenvalue weighted by atomic mass is 16.5. The van der Waals surface area contributed by atoms with Crippen LogP contribution in [0.4, 0.5) is 0 Å². The molecular formula is C13H21NO3. The Kier molecular flexibility index (Phi) is 3.67. The van der Waals surface area contributed by atoms with Crippen LogP contribution in [0.1, 0.15) is 41.2 Å². The molecule has 0 fully saturated rings. The van der Waals surface area contributed by atoms with Gasteiger partial charge in [0.1, 0.15) is 0 Å². The first-order valence-electron chi connectivity index (χ1n) is 5.64. The molecule has 0 unspecified atom stereocenters. The molecule has 4 nitrogen and oxygen atoms in total. The van der Waals surface area contributed by atoms with E-state index in [0.717, 1.165) is 17.0 Å². The summed E-state index contributed by atoms with van der Waals surface area (Å²) in [6.07, 6.45) is 0.435. The molecule has 96 valence electrons. The maximum absolute atomic E-state index is 11.8. The van der Waals surface area contributed by atoms with Crippen molar-refractivity contribution >= 4 is 5.97 Å². The number of nitrogens with zero attached hydrogens (tertiary/aromatic N) is 1. The largest absolute Gasteiger partial charge is 0.465 e. The summed E-state index contributed by atoms with van der Waals surface area (Å²) in [5, 5.41) is 9.91. The summed E-state index contributed by atoms with van der Waals surface area (Å²) in [6.45, 7) is 7.29. The Balaban J connectivity index is 3.37. The van der Waals surface area contributed by atoms with Crippen LogP contribution >= 0.6 is 0 Å². The van der Waals surface area contributed by atoms with E-state index in [0.29, 0.717) is 12.0 Å². The zero-order valence-corrected chi connectivity index (χ0v) is 11.4. The average Bonchev–Trinajstić information content (AvgIpc) is 2.41. The SMILES string of the molecule is COC(=O)c1c(CC(C)(C)O)c(C)n(C)c1C. The molecule has 0 bridgehead atoms. The minimum atomic E-state index is -0.846. The summed E-state index contributed by atoms with van der Waals surface area (Å²) < 4.78 is 6.76. The quantitative estimate of drug-likeness (QED) is 0.817. The number of carbonyl (C=O) groups is 1. The first kappa shape index (κ1) is 13.8. The number of ether oxygens (including phenoxy) is 1. The van der Waals surface area contributed by atoms with Crippen LogP contribution in [0, 0.1) is 13.8 Å². The number of rotatable bonds is 3. The molecule has 0 aliphatic rings. The molecule has 0 aliphatic carbocycles. The summed E-state index contributed by atoms with van der Waals surface area (Å²) in [7, 11) is 3.28. The predicted molar refractivity (Wildman–Crippen MR) is 66.2 cm³/mol. The number of esters is 1. The maximum atomic E-state index is 11.8. The third-order valence-electron chi connectivity index (χ3n) is 3.11. The molecule has 1 N–H and O–H groups in total. The van der Waals surface area contributed by atoms with Crippen molar-refractivity contribution in [3.8, 4) is 0 Å².